The highest BCUT2D eigenvalue weighted by atomic mass is 127. The van der Waals surface area contributed by atoms with Gasteiger partial charge in [0.15, 0.2) is 0 Å². The van der Waals surface area contributed by atoms with Gasteiger partial charge in [0, 0.05) is 15.2 Å². The van der Waals surface area contributed by atoms with E-state index in [0.717, 1.165) is 19.5 Å². The Hall–Kier alpha value is -0.350. The van der Waals surface area contributed by atoms with Gasteiger partial charge in [-0.25, -0.2) is 0 Å². The molecule has 0 amide bonds. The number of fused-ring (bicyclic) bond motifs is 1. The standard InChI is InChI=1S/C9H5ClIN/c10-6-4-5-12-8-3-1-2-7(11)9(6)8/h1-5H. The number of halogens is 2. The SMILES string of the molecule is Clc1ccnc2cccc(I)c12. The lowest BCUT2D eigenvalue weighted by Crippen LogP contribution is -1.81. The Labute approximate surface area is 88.9 Å². The van der Waals surface area contributed by atoms with Crippen LogP contribution in [0.2, 0.25) is 5.02 Å². The van der Waals surface area contributed by atoms with Crippen LogP contribution in [0, 0.1) is 3.57 Å². The molecule has 0 radical (unpaired) electrons. The van der Waals surface area contributed by atoms with Crippen LogP contribution >= 0.6 is 34.2 Å². The van der Waals surface area contributed by atoms with Gasteiger partial charge in [-0.15, -0.1) is 0 Å². The summed E-state index contributed by atoms with van der Waals surface area (Å²) in [5.74, 6) is 0. The van der Waals surface area contributed by atoms with Crippen LogP contribution in [0.25, 0.3) is 10.9 Å². The molecule has 60 valence electrons. The fourth-order valence-electron chi connectivity index (χ4n) is 1.12. The molecule has 1 aromatic carbocycles. The third kappa shape index (κ3) is 1.29. The summed E-state index contributed by atoms with van der Waals surface area (Å²) in [7, 11) is 0. The topological polar surface area (TPSA) is 12.9 Å². The normalized spacial score (nSPS) is 10.5. The van der Waals surface area contributed by atoms with Gasteiger partial charge in [0.05, 0.1) is 10.5 Å². The van der Waals surface area contributed by atoms with E-state index in [1.54, 1.807) is 6.20 Å². The molecule has 1 aromatic heterocycles. The highest BCUT2D eigenvalue weighted by Gasteiger charge is 2.01. The van der Waals surface area contributed by atoms with E-state index in [1.807, 2.05) is 24.3 Å². The highest BCUT2D eigenvalue weighted by molar-refractivity contribution is 14.1. The molecule has 0 aliphatic rings. The van der Waals surface area contributed by atoms with Crippen molar-refractivity contribution >= 4 is 45.1 Å². The first kappa shape index (κ1) is 8.26. The van der Waals surface area contributed by atoms with Crippen LogP contribution in [0.5, 0.6) is 0 Å². The molecular formula is C9H5ClIN. The summed E-state index contributed by atoms with van der Waals surface area (Å²) in [4.78, 5) is 4.21. The molecule has 0 bridgehead atoms. The third-order valence-electron chi connectivity index (χ3n) is 1.66. The van der Waals surface area contributed by atoms with Gasteiger partial charge in [0.2, 0.25) is 0 Å². The summed E-state index contributed by atoms with van der Waals surface area (Å²) in [6.45, 7) is 0. The fourth-order valence-corrected chi connectivity index (χ4v) is 2.31. The van der Waals surface area contributed by atoms with Crippen molar-refractivity contribution in [1.29, 1.82) is 0 Å². The number of hydrogen-bond donors (Lipinski definition) is 0. The van der Waals surface area contributed by atoms with Gasteiger partial charge in [-0.3, -0.25) is 4.98 Å². The zero-order valence-corrected chi connectivity index (χ0v) is 9.00. The molecule has 2 aromatic rings. The van der Waals surface area contributed by atoms with Crippen molar-refractivity contribution in [2.45, 2.75) is 0 Å². The first-order valence-corrected chi connectivity index (χ1v) is 4.93. The van der Waals surface area contributed by atoms with Gasteiger partial charge in [0.1, 0.15) is 0 Å². The van der Waals surface area contributed by atoms with Gasteiger partial charge < -0.3 is 0 Å². The quantitative estimate of drug-likeness (QED) is 0.677. The molecule has 1 heterocycles. The second kappa shape index (κ2) is 3.18. The van der Waals surface area contributed by atoms with Crippen LogP contribution in [0.15, 0.2) is 30.5 Å². The minimum atomic E-state index is 0.769. The predicted octanol–water partition coefficient (Wildman–Crippen LogP) is 3.49. The molecule has 0 aliphatic heterocycles. The number of hydrogen-bond acceptors (Lipinski definition) is 1. The van der Waals surface area contributed by atoms with Gasteiger partial charge >= 0.3 is 0 Å². The Bertz CT molecular complexity index is 391. The highest BCUT2D eigenvalue weighted by Crippen LogP contribution is 2.25. The van der Waals surface area contributed by atoms with Crippen LogP contribution in [0.3, 0.4) is 0 Å². The fraction of sp³-hybridized carbons (Fsp3) is 0. The van der Waals surface area contributed by atoms with E-state index in [4.69, 9.17) is 11.6 Å². The van der Waals surface area contributed by atoms with E-state index >= 15 is 0 Å². The van der Waals surface area contributed by atoms with Crippen molar-refractivity contribution in [3.05, 3.63) is 39.1 Å². The average molecular weight is 290 g/mol. The molecule has 12 heavy (non-hydrogen) atoms. The van der Waals surface area contributed by atoms with Crippen molar-refractivity contribution in [2.24, 2.45) is 0 Å². The molecule has 0 N–H and O–H groups in total. The number of pyridine rings is 1. The summed E-state index contributed by atoms with van der Waals surface area (Å²) in [5, 5.41) is 1.81. The molecule has 0 fully saturated rings. The van der Waals surface area contributed by atoms with Crippen LogP contribution in [0.1, 0.15) is 0 Å². The average Bonchev–Trinajstić information content (AvgIpc) is 2.04. The first-order chi connectivity index (χ1) is 5.79. The van der Waals surface area contributed by atoms with E-state index < -0.39 is 0 Å². The van der Waals surface area contributed by atoms with Crippen molar-refractivity contribution in [1.82, 2.24) is 4.98 Å². The number of nitrogens with zero attached hydrogens (tertiary/aromatic N) is 1. The maximum Gasteiger partial charge on any atom is 0.0727 e. The van der Waals surface area contributed by atoms with E-state index in [2.05, 4.69) is 27.6 Å². The molecule has 0 atom stereocenters. The van der Waals surface area contributed by atoms with E-state index in [0.29, 0.717) is 0 Å². The lowest BCUT2D eigenvalue weighted by atomic mass is 10.2. The lowest BCUT2D eigenvalue weighted by molar-refractivity contribution is 1.41. The zero-order chi connectivity index (χ0) is 8.55. The molecule has 0 aliphatic carbocycles. The predicted molar refractivity (Wildman–Crippen MR) is 59.5 cm³/mol. The lowest BCUT2D eigenvalue weighted by Gasteiger charge is -2.00. The van der Waals surface area contributed by atoms with Gasteiger partial charge in [-0.1, -0.05) is 17.7 Å². The Morgan fingerprint density at radius 2 is 2.08 bits per heavy atom. The number of rotatable bonds is 0. The molecule has 0 spiro atoms. The Morgan fingerprint density at radius 3 is 2.83 bits per heavy atom. The van der Waals surface area contributed by atoms with Crippen molar-refractivity contribution in [3.8, 4) is 0 Å². The number of benzene rings is 1. The largest absolute Gasteiger partial charge is 0.256 e. The Balaban J connectivity index is 2.96. The van der Waals surface area contributed by atoms with Crippen LogP contribution < -0.4 is 0 Å². The van der Waals surface area contributed by atoms with Crippen molar-refractivity contribution < 1.29 is 0 Å². The van der Waals surface area contributed by atoms with Crippen molar-refractivity contribution in [2.75, 3.05) is 0 Å². The maximum absolute atomic E-state index is 6.02. The summed E-state index contributed by atoms with van der Waals surface area (Å²) in [6, 6.07) is 7.78. The first-order valence-electron chi connectivity index (χ1n) is 3.48. The van der Waals surface area contributed by atoms with Crippen LogP contribution in [0.4, 0.5) is 0 Å². The minimum absolute atomic E-state index is 0.769. The van der Waals surface area contributed by atoms with Gasteiger partial charge in [-0.05, 0) is 40.8 Å². The molecular weight excluding hydrogens is 284 g/mol. The smallest absolute Gasteiger partial charge is 0.0727 e. The van der Waals surface area contributed by atoms with Gasteiger partial charge in [-0.2, -0.15) is 0 Å². The molecule has 0 saturated carbocycles. The van der Waals surface area contributed by atoms with E-state index in [9.17, 15) is 0 Å². The summed E-state index contributed by atoms with van der Waals surface area (Å²) < 4.78 is 1.14. The molecule has 0 saturated heterocycles. The van der Waals surface area contributed by atoms with E-state index in [-0.39, 0.29) is 0 Å². The third-order valence-corrected chi connectivity index (χ3v) is 2.88. The Kier molecular flexibility index (Phi) is 2.19. The minimum Gasteiger partial charge on any atom is -0.256 e. The second-order valence-electron chi connectivity index (χ2n) is 2.43. The zero-order valence-electron chi connectivity index (χ0n) is 6.09. The molecule has 1 nitrogen and oxygen atoms in total. The van der Waals surface area contributed by atoms with Crippen molar-refractivity contribution in [3.63, 3.8) is 0 Å². The molecule has 2 rings (SSSR count). The van der Waals surface area contributed by atoms with Crippen LogP contribution in [-0.2, 0) is 0 Å². The van der Waals surface area contributed by atoms with Crippen LogP contribution in [-0.4, -0.2) is 4.98 Å². The summed E-state index contributed by atoms with van der Waals surface area (Å²) >= 11 is 8.28. The van der Waals surface area contributed by atoms with Gasteiger partial charge in [0.25, 0.3) is 0 Å². The summed E-state index contributed by atoms with van der Waals surface area (Å²) in [5.41, 5.74) is 0.953. The maximum atomic E-state index is 6.02. The number of aromatic nitrogens is 1. The van der Waals surface area contributed by atoms with E-state index in [1.165, 1.54) is 0 Å². The Morgan fingerprint density at radius 1 is 1.25 bits per heavy atom. The second-order valence-corrected chi connectivity index (χ2v) is 4.00. The summed E-state index contributed by atoms with van der Waals surface area (Å²) in [6.07, 6.45) is 1.72. The molecule has 0 unspecified atom stereocenters. The monoisotopic (exact) mass is 289 g/mol. The molecule has 3 heteroatoms.